The van der Waals surface area contributed by atoms with Crippen molar-refractivity contribution in [3.8, 4) is 11.1 Å². The smallest absolute Gasteiger partial charge is 0.305 e. The van der Waals surface area contributed by atoms with Gasteiger partial charge in [-0.2, -0.15) is 0 Å². The lowest BCUT2D eigenvalue weighted by atomic mass is 10.0. The highest BCUT2D eigenvalue weighted by Gasteiger charge is 2.17. The van der Waals surface area contributed by atoms with Crippen molar-refractivity contribution in [3.05, 3.63) is 64.0 Å². The van der Waals surface area contributed by atoms with Crippen molar-refractivity contribution in [3.63, 3.8) is 0 Å². The van der Waals surface area contributed by atoms with Gasteiger partial charge in [0.25, 0.3) is 5.56 Å². The summed E-state index contributed by atoms with van der Waals surface area (Å²) in [7, 11) is 0. The number of carboxylic acids is 1. The fourth-order valence-corrected chi connectivity index (χ4v) is 4.30. The molecule has 0 amide bonds. The molecule has 27 heavy (non-hydrogen) atoms. The first-order valence-electron chi connectivity index (χ1n) is 8.80. The molecular weight excluding hydrogens is 360 g/mol. The van der Waals surface area contributed by atoms with Gasteiger partial charge in [0.1, 0.15) is 10.7 Å². The van der Waals surface area contributed by atoms with Gasteiger partial charge >= 0.3 is 5.97 Å². The minimum absolute atomic E-state index is 0.102. The van der Waals surface area contributed by atoms with Crippen LogP contribution in [0.15, 0.2) is 52.6 Å². The lowest BCUT2D eigenvalue weighted by Crippen LogP contribution is -2.26. The number of thiophene rings is 1. The van der Waals surface area contributed by atoms with Crippen molar-refractivity contribution in [1.82, 2.24) is 9.55 Å². The Hall–Kier alpha value is -2.99. The average Bonchev–Trinajstić information content (AvgIpc) is 3.10. The number of carbonyl (C=O) groups is 1. The molecule has 0 unspecified atom stereocenters. The van der Waals surface area contributed by atoms with Crippen LogP contribution in [0.1, 0.15) is 19.2 Å². The Bertz CT molecular complexity index is 1220. The van der Waals surface area contributed by atoms with E-state index in [1.165, 1.54) is 15.9 Å². The lowest BCUT2D eigenvalue weighted by Gasteiger charge is -2.10. The van der Waals surface area contributed by atoms with Crippen LogP contribution in [0.5, 0.6) is 0 Å². The number of aliphatic carboxylic acids is 1. The Morgan fingerprint density at radius 3 is 2.70 bits per heavy atom. The van der Waals surface area contributed by atoms with Crippen LogP contribution in [0, 0.1) is 0 Å². The van der Waals surface area contributed by atoms with E-state index in [-0.39, 0.29) is 18.5 Å². The molecular formula is C21H18N2O3S. The van der Waals surface area contributed by atoms with Gasteiger partial charge in [0.05, 0.1) is 11.8 Å². The van der Waals surface area contributed by atoms with Crippen LogP contribution in [-0.4, -0.2) is 20.6 Å². The monoisotopic (exact) mass is 378 g/mol. The summed E-state index contributed by atoms with van der Waals surface area (Å²) in [6, 6.07) is 14.2. The topological polar surface area (TPSA) is 72.2 Å². The number of carboxylic acid groups (broad SMARTS) is 1. The third kappa shape index (κ3) is 3.13. The normalized spacial score (nSPS) is 11.3. The van der Waals surface area contributed by atoms with Crippen LogP contribution < -0.4 is 5.56 Å². The molecule has 0 saturated carbocycles. The van der Waals surface area contributed by atoms with Crippen molar-refractivity contribution in [2.45, 2.75) is 26.3 Å². The molecule has 2 aromatic heterocycles. The number of fused-ring (bicyclic) bond motifs is 2. The van der Waals surface area contributed by atoms with E-state index in [0.29, 0.717) is 22.5 Å². The molecule has 5 nitrogen and oxygen atoms in total. The molecule has 1 N–H and O–H groups in total. The third-order valence-electron chi connectivity index (χ3n) is 4.70. The first-order valence-corrected chi connectivity index (χ1v) is 9.68. The van der Waals surface area contributed by atoms with Crippen LogP contribution in [0.25, 0.3) is 32.1 Å². The molecule has 0 aliphatic heterocycles. The molecule has 0 atom stereocenters. The predicted octanol–water partition coefficient (Wildman–Crippen LogP) is 4.32. The summed E-state index contributed by atoms with van der Waals surface area (Å²) in [5.74, 6) is -0.301. The molecule has 2 aromatic carbocycles. The summed E-state index contributed by atoms with van der Waals surface area (Å²) in [5, 5.41) is 13.8. The van der Waals surface area contributed by atoms with Crippen LogP contribution >= 0.6 is 11.3 Å². The van der Waals surface area contributed by atoms with Crippen molar-refractivity contribution < 1.29 is 9.90 Å². The van der Waals surface area contributed by atoms with Crippen molar-refractivity contribution >= 4 is 38.3 Å². The number of nitrogens with zero attached hydrogens (tertiary/aromatic N) is 2. The number of hydrogen-bond donors (Lipinski definition) is 1. The molecule has 0 aliphatic carbocycles. The number of benzene rings is 2. The maximum atomic E-state index is 13.2. The SMILES string of the molecule is CCc1nc2scc(-c3ccc4ccccc4c3)c2c(=O)n1CCC(=O)O. The summed E-state index contributed by atoms with van der Waals surface area (Å²) in [4.78, 5) is 29.5. The van der Waals surface area contributed by atoms with Gasteiger partial charge in [-0.1, -0.05) is 43.3 Å². The zero-order chi connectivity index (χ0) is 19.0. The summed E-state index contributed by atoms with van der Waals surface area (Å²) in [6.07, 6.45) is 0.476. The number of aryl methyl sites for hydroxylation is 1. The molecule has 4 rings (SSSR count). The minimum Gasteiger partial charge on any atom is -0.481 e. The van der Waals surface area contributed by atoms with Gasteiger partial charge in [0, 0.05) is 23.9 Å². The molecule has 136 valence electrons. The molecule has 0 radical (unpaired) electrons. The summed E-state index contributed by atoms with van der Waals surface area (Å²) >= 11 is 1.45. The van der Waals surface area contributed by atoms with E-state index >= 15 is 0 Å². The van der Waals surface area contributed by atoms with Crippen LogP contribution in [0.2, 0.25) is 0 Å². The maximum Gasteiger partial charge on any atom is 0.305 e. The molecule has 0 spiro atoms. The molecule has 4 aromatic rings. The lowest BCUT2D eigenvalue weighted by molar-refractivity contribution is -0.137. The molecule has 0 aliphatic rings. The second-order valence-corrected chi connectivity index (χ2v) is 7.23. The predicted molar refractivity (Wildman–Crippen MR) is 108 cm³/mol. The van der Waals surface area contributed by atoms with E-state index in [2.05, 4.69) is 17.1 Å². The van der Waals surface area contributed by atoms with Gasteiger partial charge in [-0.15, -0.1) is 11.3 Å². The Labute approximate surface area is 159 Å². The number of rotatable bonds is 5. The number of aromatic nitrogens is 2. The van der Waals surface area contributed by atoms with Gasteiger partial charge in [0.15, 0.2) is 0 Å². The van der Waals surface area contributed by atoms with Gasteiger partial charge in [-0.05, 0) is 22.4 Å². The summed E-state index contributed by atoms with van der Waals surface area (Å²) < 4.78 is 1.51. The molecule has 2 heterocycles. The van der Waals surface area contributed by atoms with Crippen LogP contribution in [0.4, 0.5) is 0 Å². The fraction of sp³-hybridized carbons (Fsp3) is 0.190. The Kier molecular flexibility index (Phi) is 4.49. The van der Waals surface area contributed by atoms with Crippen LogP contribution in [0.3, 0.4) is 0 Å². The first kappa shape index (κ1) is 17.4. The average molecular weight is 378 g/mol. The Morgan fingerprint density at radius 2 is 1.96 bits per heavy atom. The molecule has 0 fully saturated rings. The van der Waals surface area contributed by atoms with Crippen molar-refractivity contribution in [1.29, 1.82) is 0 Å². The van der Waals surface area contributed by atoms with Gasteiger partial charge in [-0.3, -0.25) is 14.2 Å². The highest BCUT2D eigenvalue weighted by Crippen LogP contribution is 2.32. The highest BCUT2D eigenvalue weighted by atomic mass is 32.1. The van der Waals surface area contributed by atoms with Crippen molar-refractivity contribution in [2.75, 3.05) is 0 Å². The second kappa shape index (κ2) is 6.96. The van der Waals surface area contributed by atoms with Crippen molar-refractivity contribution in [2.24, 2.45) is 0 Å². The molecule has 6 heteroatoms. The maximum absolute atomic E-state index is 13.2. The van der Waals surface area contributed by atoms with Gasteiger partial charge in [-0.25, -0.2) is 4.98 Å². The second-order valence-electron chi connectivity index (χ2n) is 6.37. The Morgan fingerprint density at radius 1 is 1.19 bits per heavy atom. The first-order chi connectivity index (χ1) is 13.1. The summed E-state index contributed by atoms with van der Waals surface area (Å²) in [5.41, 5.74) is 1.65. The molecule has 0 bridgehead atoms. The van der Waals surface area contributed by atoms with E-state index in [1.54, 1.807) is 0 Å². The van der Waals surface area contributed by atoms with Crippen LogP contribution in [-0.2, 0) is 17.8 Å². The fourth-order valence-electron chi connectivity index (χ4n) is 3.34. The standard InChI is InChI=1S/C21H18N2O3S/c1-2-17-22-20-19(21(26)23(17)10-9-18(24)25)16(12-27-20)15-8-7-13-5-3-4-6-14(13)11-15/h3-8,11-12H,2,9-10H2,1H3,(H,24,25). The minimum atomic E-state index is -0.927. The van der Waals surface area contributed by atoms with E-state index in [9.17, 15) is 9.59 Å². The third-order valence-corrected chi connectivity index (χ3v) is 5.57. The molecule has 0 saturated heterocycles. The summed E-state index contributed by atoms with van der Waals surface area (Å²) in [6.45, 7) is 2.05. The van der Waals surface area contributed by atoms with E-state index in [0.717, 1.165) is 21.9 Å². The van der Waals surface area contributed by atoms with Gasteiger partial charge in [0.2, 0.25) is 0 Å². The Balaban J connectivity index is 1.92. The number of hydrogen-bond acceptors (Lipinski definition) is 4. The van der Waals surface area contributed by atoms with E-state index in [4.69, 9.17) is 5.11 Å². The highest BCUT2D eigenvalue weighted by molar-refractivity contribution is 7.17. The quantitative estimate of drug-likeness (QED) is 0.561. The van der Waals surface area contributed by atoms with E-state index in [1.807, 2.05) is 42.6 Å². The van der Waals surface area contributed by atoms with E-state index < -0.39 is 5.97 Å². The van der Waals surface area contributed by atoms with Gasteiger partial charge < -0.3 is 5.11 Å². The largest absolute Gasteiger partial charge is 0.481 e. The zero-order valence-electron chi connectivity index (χ0n) is 14.8. The zero-order valence-corrected chi connectivity index (χ0v) is 15.6.